The number of rotatable bonds is 6. The third kappa shape index (κ3) is 4.97. The van der Waals surface area contributed by atoms with Crippen LogP contribution in [0.5, 0.6) is 5.75 Å². The highest BCUT2D eigenvalue weighted by atomic mass is 79.9. The Balaban J connectivity index is 1.58. The van der Waals surface area contributed by atoms with Crippen LogP contribution < -0.4 is 20.3 Å². The maximum atomic E-state index is 13.0. The van der Waals surface area contributed by atoms with Gasteiger partial charge in [-0.25, -0.2) is 9.69 Å². The first-order valence-corrected chi connectivity index (χ1v) is 12.7. The van der Waals surface area contributed by atoms with Crippen LogP contribution in [0, 0.1) is 0 Å². The fourth-order valence-electron chi connectivity index (χ4n) is 5.16. The summed E-state index contributed by atoms with van der Waals surface area (Å²) in [4.78, 5) is 41.3. The van der Waals surface area contributed by atoms with Crippen LogP contribution in [-0.2, 0) is 9.59 Å². The average Bonchev–Trinajstić information content (AvgIpc) is 3.07. The van der Waals surface area contributed by atoms with Crippen LogP contribution in [0.25, 0.3) is 6.08 Å². The van der Waals surface area contributed by atoms with Gasteiger partial charge in [-0.2, -0.15) is 0 Å². The molecule has 1 fully saturated rings. The number of anilines is 2. The molecule has 2 aromatic carbocycles. The third-order valence-electron chi connectivity index (χ3n) is 6.75. The van der Waals surface area contributed by atoms with E-state index in [4.69, 9.17) is 4.74 Å². The quantitative estimate of drug-likeness (QED) is 0.383. The molecule has 0 saturated carbocycles. The fourth-order valence-corrected chi connectivity index (χ4v) is 5.43. The monoisotopic (exact) mass is 554 g/mol. The Kier molecular flexibility index (Phi) is 7.13. The number of amides is 4. The van der Waals surface area contributed by atoms with Crippen molar-refractivity contribution in [3.05, 3.63) is 57.7 Å². The lowest BCUT2D eigenvalue weighted by molar-refractivity contribution is -0.127. The molecule has 0 spiro atoms. The third-order valence-corrected chi connectivity index (χ3v) is 7.27. The number of ether oxygens (including phenoxy) is 1. The van der Waals surface area contributed by atoms with Crippen molar-refractivity contribution in [3.63, 3.8) is 0 Å². The molecule has 4 rings (SSSR count). The van der Waals surface area contributed by atoms with Crippen molar-refractivity contribution in [2.75, 3.05) is 30.4 Å². The number of halogens is 1. The Hall–Kier alpha value is -3.33. The van der Waals surface area contributed by atoms with Gasteiger partial charge in [0.05, 0.1) is 7.11 Å². The van der Waals surface area contributed by atoms with Gasteiger partial charge in [-0.05, 0) is 75.1 Å². The molecular weight excluding hydrogens is 524 g/mol. The Morgan fingerprint density at radius 1 is 1.25 bits per heavy atom. The van der Waals surface area contributed by atoms with E-state index in [1.165, 1.54) is 5.56 Å². The number of carbonyl (C=O) groups is 3. The van der Waals surface area contributed by atoms with E-state index in [2.05, 4.69) is 59.2 Å². The molecule has 4 amide bonds. The van der Waals surface area contributed by atoms with Gasteiger partial charge in [0, 0.05) is 39.6 Å². The van der Waals surface area contributed by atoms with Gasteiger partial charge >= 0.3 is 6.03 Å². The number of hydrogen-bond acceptors (Lipinski definition) is 5. The number of imide groups is 1. The summed E-state index contributed by atoms with van der Waals surface area (Å²) < 4.78 is 6.55. The van der Waals surface area contributed by atoms with Gasteiger partial charge in [0.25, 0.3) is 5.91 Å². The van der Waals surface area contributed by atoms with Gasteiger partial charge in [0.2, 0.25) is 5.91 Å². The highest BCUT2D eigenvalue weighted by molar-refractivity contribution is 9.10. The molecule has 1 unspecified atom stereocenters. The maximum Gasteiger partial charge on any atom is 0.329 e. The second-order valence-corrected chi connectivity index (χ2v) is 10.7. The first-order valence-electron chi connectivity index (χ1n) is 11.9. The van der Waals surface area contributed by atoms with Crippen LogP contribution in [0.1, 0.15) is 51.2 Å². The molecule has 2 N–H and O–H groups in total. The zero-order chi connectivity index (χ0) is 26.2. The van der Waals surface area contributed by atoms with E-state index < -0.39 is 24.4 Å². The van der Waals surface area contributed by atoms with Crippen molar-refractivity contribution in [3.8, 4) is 5.75 Å². The van der Waals surface area contributed by atoms with Gasteiger partial charge in [-0.15, -0.1) is 0 Å². The van der Waals surface area contributed by atoms with E-state index in [0.29, 0.717) is 22.9 Å². The first-order chi connectivity index (χ1) is 17.0. The molecule has 1 atom stereocenters. The predicted molar refractivity (Wildman–Crippen MR) is 144 cm³/mol. The van der Waals surface area contributed by atoms with Crippen molar-refractivity contribution in [2.24, 2.45) is 0 Å². The first kappa shape index (κ1) is 25.8. The molecular formula is C27H31BrN4O4. The van der Waals surface area contributed by atoms with E-state index in [0.717, 1.165) is 28.0 Å². The molecule has 9 heteroatoms. The smallest absolute Gasteiger partial charge is 0.329 e. The molecule has 1 saturated heterocycles. The highest BCUT2D eigenvalue weighted by Crippen LogP contribution is 2.46. The number of carbonyl (C=O) groups excluding carboxylic acids is 3. The number of benzene rings is 2. The zero-order valence-corrected chi connectivity index (χ0v) is 22.7. The predicted octanol–water partition coefficient (Wildman–Crippen LogP) is 5.10. The van der Waals surface area contributed by atoms with Gasteiger partial charge in [-0.3, -0.25) is 9.59 Å². The van der Waals surface area contributed by atoms with Crippen LogP contribution in [0.3, 0.4) is 0 Å². The van der Waals surface area contributed by atoms with E-state index in [1.807, 2.05) is 12.1 Å². The van der Waals surface area contributed by atoms with Gasteiger partial charge in [0.1, 0.15) is 18.0 Å². The van der Waals surface area contributed by atoms with E-state index in [9.17, 15) is 14.4 Å². The SMILES string of the molecule is CCN1c2cc(OC)c(/C=C3/NC(=O)N(CC(=O)Nc4ccc(Br)cc4)C3=O)cc2C(C)CC1(C)C. The minimum Gasteiger partial charge on any atom is -0.496 e. The standard InChI is InChI=1S/C27H31BrN4O4/c1-6-32-22-13-23(36-5)17(11-20(22)16(2)14-27(32,3)4)12-21-25(34)31(26(35)30-21)15-24(33)29-19-9-7-18(28)8-10-19/h7-13,16H,6,14-15H2,1-5H3,(H,29,33)(H,30,35)/b21-12+. The largest absolute Gasteiger partial charge is 0.496 e. The van der Waals surface area contributed by atoms with E-state index in [-0.39, 0.29) is 11.2 Å². The summed E-state index contributed by atoms with van der Waals surface area (Å²) in [6, 6.07) is 10.4. The lowest BCUT2D eigenvalue weighted by Gasteiger charge is -2.47. The summed E-state index contributed by atoms with van der Waals surface area (Å²) in [6.45, 7) is 9.29. The summed E-state index contributed by atoms with van der Waals surface area (Å²) in [7, 11) is 1.59. The van der Waals surface area contributed by atoms with E-state index in [1.54, 1.807) is 37.5 Å². The number of hydrogen-bond donors (Lipinski definition) is 2. The second-order valence-electron chi connectivity index (χ2n) is 9.75. The molecule has 36 heavy (non-hydrogen) atoms. The minimum absolute atomic E-state index is 0.0128. The second kappa shape index (κ2) is 9.97. The van der Waals surface area contributed by atoms with Crippen LogP contribution in [-0.4, -0.2) is 48.5 Å². The molecule has 0 radical (unpaired) electrons. The summed E-state index contributed by atoms with van der Waals surface area (Å²) in [5.74, 6) is -0.105. The zero-order valence-electron chi connectivity index (χ0n) is 21.1. The fraction of sp³-hybridized carbons (Fsp3) is 0.370. The Morgan fingerprint density at radius 2 is 1.94 bits per heavy atom. The molecule has 2 aliphatic rings. The number of urea groups is 1. The topological polar surface area (TPSA) is 91.0 Å². The Labute approximate surface area is 219 Å². The molecule has 0 aromatic heterocycles. The van der Waals surface area contributed by atoms with Crippen molar-refractivity contribution >= 4 is 51.2 Å². The Bertz CT molecular complexity index is 1240. The Morgan fingerprint density at radius 3 is 2.58 bits per heavy atom. The van der Waals surface area contributed by atoms with Crippen LogP contribution in [0.15, 0.2) is 46.6 Å². The molecule has 2 heterocycles. The number of methoxy groups -OCH3 is 1. The minimum atomic E-state index is -0.638. The van der Waals surface area contributed by atoms with E-state index >= 15 is 0 Å². The van der Waals surface area contributed by atoms with Crippen LogP contribution in [0.4, 0.5) is 16.2 Å². The summed E-state index contributed by atoms with van der Waals surface area (Å²) in [5, 5.41) is 5.30. The summed E-state index contributed by atoms with van der Waals surface area (Å²) >= 11 is 3.34. The molecule has 0 bridgehead atoms. The van der Waals surface area contributed by atoms with Crippen molar-refractivity contribution < 1.29 is 19.1 Å². The molecule has 0 aliphatic carbocycles. The van der Waals surface area contributed by atoms with Crippen LogP contribution >= 0.6 is 15.9 Å². The van der Waals surface area contributed by atoms with Crippen molar-refractivity contribution in [1.82, 2.24) is 10.2 Å². The van der Waals surface area contributed by atoms with Gasteiger partial charge in [0.15, 0.2) is 0 Å². The van der Waals surface area contributed by atoms with Crippen LogP contribution in [0.2, 0.25) is 0 Å². The van der Waals surface area contributed by atoms with Gasteiger partial charge < -0.3 is 20.3 Å². The average molecular weight is 555 g/mol. The molecule has 2 aliphatic heterocycles. The van der Waals surface area contributed by atoms with Gasteiger partial charge in [-0.1, -0.05) is 22.9 Å². The molecule has 8 nitrogen and oxygen atoms in total. The lowest BCUT2D eigenvalue weighted by Crippen LogP contribution is -2.48. The number of fused-ring (bicyclic) bond motifs is 1. The number of nitrogens with zero attached hydrogens (tertiary/aromatic N) is 2. The van der Waals surface area contributed by atoms with Crippen molar-refractivity contribution in [2.45, 2.75) is 45.6 Å². The van der Waals surface area contributed by atoms with Crippen molar-refractivity contribution in [1.29, 1.82) is 0 Å². The summed E-state index contributed by atoms with van der Waals surface area (Å²) in [5.41, 5.74) is 3.68. The molecule has 190 valence electrons. The number of nitrogens with one attached hydrogen (secondary N) is 2. The summed E-state index contributed by atoms with van der Waals surface area (Å²) in [6.07, 6.45) is 2.61. The highest BCUT2D eigenvalue weighted by Gasteiger charge is 2.37. The normalized spacial score (nSPS) is 19.8. The maximum absolute atomic E-state index is 13.0. The lowest BCUT2D eigenvalue weighted by atomic mass is 9.79. The molecule has 2 aromatic rings.